The standard InChI is InChI=1S/C26H27ClN5O2/c27-21-8-10-22(11-9-21)32-24(25(28)33)23(13-29-32)26(34)31-16-19-14-30(15-20(19)17-31)12-4-7-18-5-2-1-3-6-18/h1-3,5-11,13,19-20H,4,12,14-17H2,(H2,28,33)/t19-,20?/m0/s1. The topological polar surface area (TPSA) is 84.5 Å². The Labute approximate surface area is 204 Å². The van der Waals surface area contributed by atoms with E-state index in [2.05, 4.69) is 40.7 Å². The summed E-state index contributed by atoms with van der Waals surface area (Å²) in [5.41, 5.74) is 7.88. The van der Waals surface area contributed by atoms with E-state index in [0.717, 1.165) is 26.1 Å². The van der Waals surface area contributed by atoms with E-state index in [-0.39, 0.29) is 17.2 Å². The van der Waals surface area contributed by atoms with Gasteiger partial charge in [-0.2, -0.15) is 5.10 Å². The molecule has 2 aliphatic heterocycles. The molecular formula is C26H27ClN5O2. The molecule has 3 aromatic rings. The van der Waals surface area contributed by atoms with Crippen LogP contribution < -0.4 is 5.73 Å². The van der Waals surface area contributed by atoms with Crippen molar-refractivity contribution in [1.82, 2.24) is 19.6 Å². The van der Waals surface area contributed by atoms with Crippen LogP contribution in [0.5, 0.6) is 0 Å². The average Bonchev–Trinajstić information content (AvgIpc) is 3.53. The number of hydrogen-bond acceptors (Lipinski definition) is 4. The number of carbonyl (C=O) groups excluding carboxylic acids is 2. The van der Waals surface area contributed by atoms with E-state index < -0.39 is 5.91 Å². The monoisotopic (exact) mass is 476 g/mol. The summed E-state index contributed by atoms with van der Waals surface area (Å²) in [6, 6.07) is 17.3. The molecule has 1 radical (unpaired) electrons. The maximum Gasteiger partial charge on any atom is 0.268 e. The van der Waals surface area contributed by atoms with Gasteiger partial charge in [-0.15, -0.1) is 0 Å². The van der Waals surface area contributed by atoms with Gasteiger partial charge in [-0.3, -0.25) is 9.59 Å². The summed E-state index contributed by atoms with van der Waals surface area (Å²) in [7, 11) is 0. The smallest absolute Gasteiger partial charge is 0.268 e. The quantitative estimate of drug-likeness (QED) is 0.567. The maximum absolute atomic E-state index is 13.3. The van der Waals surface area contributed by atoms with Gasteiger partial charge in [0, 0.05) is 31.2 Å². The fraction of sp³-hybridized carbons (Fsp3) is 0.308. The minimum atomic E-state index is -0.684. The lowest BCUT2D eigenvalue weighted by atomic mass is 10.0. The molecule has 0 saturated carbocycles. The molecule has 8 heteroatoms. The van der Waals surface area contributed by atoms with E-state index in [9.17, 15) is 9.59 Å². The molecule has 34 heavy (non-hydrogen) atoms. The molecule has 0 aliphatic carbocycles. The molecule has 2 fully saturated rings. The highest BCUT2D eigenvalue weighted by Crippen LogP contribution is 2.32. The third-order valence-corrected chi connectivity index (χ3v) is 7.03. The van der Waals surface area contributed by atoms with Gasteiger partial charge in [0.05, 0.1) is 17.4 Å². The van der Waals surface area contributed by atoms with Gasteiger partial charge in [0.25, 0.3) is 11.8 Å². The first-order valence-electron chi connectivity index (χ1n) is 11.5. The fourth-order valence-corrected chi connectivity index (χ4v) is 5.26. The molecule has 2 aromatic carbocycles. The molecule has 2 N–H and O–H groups in total. The first-order chi connectivity index (χ1) is 16.5. The number of hydrogen-bond donors (Lipinski definition) is 1. The van der Waals surface area contributed by atoms with E-state index in [0.29, 0.717) is 35.6 Å². The van der Waals surface area contributed by atoms with E-state index in [1.54, 1.807) is 24.3 Å². The molecule has 1 unspecified atom stereocenters. The number of carbonyl (C=O) groups is 2. The lowest BCUT2D eigenvalue weighted by molar-refractivity contribution is 0.0768. The number of likely N-dealkylation sites (tertiary alicyclic amines) is 2. The molecule has 0 spiro atoms. The van der Waals surface area contributed by atoms with Gasteiger partial charge in [0.1, 0.15) is 5.69 Å². The second-order valence-electron chi connectivity index (χ2n) is 9.05. The van der Waals surface area contributed by atoms with Gasteiger partial charge in [-0.25, -0.2) is 4.68 Å². The predicted octanol–water partition coefficient (Wildman–Crippen LogP) is 3.27. The number of benzene rings is 2. The van der Waals surface area contributed by atoms with Gasteiger partial charge in [-0.05, 0) is 61.1 Å². The van der Waals surface area contributed by atoms with Crippen molar-refractivity contribution < 1.29 is 9.59 Å². The van der Waals surface area contributed by atoms with Crippen molar-refractivity contribution in [1.29, 1.82) is 0 Å². The third-order valence-electron chi connectivity index (χ3n) is 6.78. The molecule has 0 bridgehead atoms. The number of aromatic nitrogens is 2. The van der Waals surface area contributed by atoms with Crippen molar-refractivity contribution in [3.8, 4) is 5.69 Å². The number of rotatable bonds is 7. The Morgan fingerprint density at radius 3 is 2.32 bits per heavy atom. The normalized spacial score (nSPS) is 20.0. The third kappa shape index (κ3) is 4.58. The molecule has 2 aliphatic rings. The summed E-state index contributed by atoms with van der Waals surface area (Å²) in [5.74, 6) is 0.0245. The van der Waals surface area contributed by atoms with Crippen LogP contribution in [0.2, 0.25) is 5.02 Å². The second kappa shape index (κ2) is 9.60. The molecule has 175 valence electrons. The average molecular weight is 477 g/mol. The van der Waals surface area contributed by atoms with E-state index in [1.165, 1.54) is 16.4 Å². The summed E-state index contributed by atoms with van der Waals surface area (Å²) in [4.78, 5) is 29.9. The summed E-state index contributed by atoms with van der Waals surface area (Å²) in [5, 5.41) is 4.86. The van der Waals surface area contributed by atoms with E-state index in [1.807, 2.05) is 11.0 Å². The molecule has 7 nitrogen and oxygen atoms in total. The Balaban J connectivity index is 1.21. The SMILES string of the molecule is NC(=O)c1c(C(=O)N2CC3CN(CC[CH]c4ccccc4)C[C@H]3C2)cnn1-c1ccc(Cl)cc1. The number of nitrogens with two attached hydrogens (primary N) is 1. The molecule has 2 saturated heterocycles. The molecular weight excluding hydrogens is 450 g/mol. The van der Waals surface area contributed by atoms with Crippen molar-refractivity contribution in [2.45, 2.75) is 6.42 Å². The molecule has 5 rings (SSSR count). The Morgan fingerprint density at radius 2 is 1.68 bits per heavy atom. The van der Waals surface area contributed by atoms with Crippen LogP contribution in [-0.4, -0.2) is 64.1 Å². The van der Waals surface area contributed by atoms with Crippen molar-refractivity contribution >= 4 is 23.4 Å². The minimum absolute atomic E-state index is 0.0995. The first kappa shape index (κ1) is 22.6. The zero-order valence-electron chi connectivity index (χ0n) is 18.8. The minimum Gasteiger partial charge on any atom is -0.364 e. The Kier molecular flexibility index (Phi) is 6.39. The zero-order valence-corrected chi connectivity index (χ0v) is 19.6. The molecule has 1 aromatic heterocycles. The number of amides is 2. The van der Waals surface area contributed by atoms with Crippen LogP contribution in [0, 0.1) is 18.3 Å². The molecule has 2 amide bonds. The lowest BCUT2D eigenvalue weighted by Gasteiger charge is -2.21. The van der Waals surface area contributed by atoms with Crippen LogP contribution in [0.15, 0.2) is 60.8 Å². The Hall–Kier alpha value is -3.16. The van der Waals surface area contributed by atoms with Crippen LogP contribution in [0.4, 0.5) is 0 Å². The number of halogens is 1. The van der Waals surface area contributed by atoms with Crippen molar-refractivity contribution in [3.05, 3.63) is 89.1 Å². The highest BCUT2D eigenvalue weighted by atomic mass is 35.5. The van der Waals surface area contributed by atoms with Gasteiger partial charge in [0.15, 0.2) is 0 Å². The van der Waals surface area contributed by atoms with Crippen LogP contribution in [0.3, 0.4) is 0 Å². The number of nitrogens with zero attached hydrogens (tertiary/aromatic N) is 4. The Morgan fingerprint density at radius 1 is 1.00 bits per heavy atom. The van der Waals surface area contributed by atoms with Gasteiger partial charge >= 0.3 is 0 Å². The fourth-order valence-electron chi connectivity index (χ4n) is 5.13. The first-order valence-corrected chi connectivity index (χ1v) is 11.9. The van der Waals surface area contributed by atoms with Crippen LogP contribution in [-0.2, 0) is 0 Å². The van der Waals surface area contributed by atoms with Gasteiger partial charge < -0.3 is 15.5 Å². The van der Waals surface area contributed by atoms with Crippen LogP contribution in [0.1, 0.15) is 32.8 Å². The van der Waals surface area contributed by atoms with Crippen molar-refractivity contribution in [3.63, 3.8) is 0 Å². The highest BCUT2D eigenvalue weighted by Gasteiger charge is 2.42. The summed E-state index contributed by atoms with van der Waals surface area (Å²) in [6.07, 6.45) is 4.72. The van der Waals surface area contributed by atoms with Crippen LogP contribution in [0.25, 0.3) is 5.69 Å². The van der Waals surface area contributed by atoms with Crippen molar-refractivity contribution in [2.24, 2.45) is 17.6 Å². The highest BCUT2D eigenvalue weighted by molar-refractivity contribution is 6.30. The van der Waals surface area contributed by atoms with E-state index in [4.69, 9.17) is 17.3 Å². The second-order valence-corrected chi connectivity index (χ2v) is 9.49. The van der Waals surface area contributed by atoms with E-state index >= 15 is 0 Å². The summed E-state index contributed by atoms with van der Waals surface area (Å²) in [6.45, 7) is 4.38. The number of fused-ring (bicyclic) bond motifs is 1. The Bertz CT molecular complexity index is 1160. The van der Waals surface area contributed by atoms with Gasteiger partial charge in [-0.1, -0.05) is 41.9 Å². The van der Waals surface area contributed by atoms with Crippen LogP contribution >= 0.6 is 11.6 Å². The summed E-state index contributed by atoms with van der Waals surface area (Å²) >= 11 is 5.97. The zero-order chi connectivity index (χ0) is 23.7. The summed E-state index contributed by atoms with van der Waals surface area (Å²) < 4.78 is 1.41. The number of primary amides is 1. The van der Waals surface area contributed by atoms with Gasteiger partial charge in [0.2, 0.25) is 0 Å². The molecule has 3 heterocycles. The van der Waals surface area contributed by atoms with Crippen molar-refractivity contribution in [2.75, 3.05) is 32.7 Å². The predicted molar refractivity (Wildman–Crippen MR) is 131 cm³/mol. The molecule has 2 atom stereocenters. The lowest BCUT2D eigenvalue weighted by Crippen LogP contribution is -2.34. The maximum atomic E-state index is 13.3. The largest absolute Gasteiger partial charge is 0.364 e.